The monoisotopic (exact) mass is 355 g/mol. The Hall–Kier alpha value is -3.09. The lowest BCUT2D eigenvalue weighted by Crippen LogP contribution is -2.51. The van der Waals surface area contributed by atoms with E-state index in [1.807, 2.05) is 17.0 Å². The lowest BCUT2D eigenvalue weighted by Gasteiger charge is -2.36. The number of carbonyl (C=O) groups excluding carboxylic acids is 1. The van der Waals surface area contributed by atoms with Crippen molar-refractivity contribution in [2.45, 2.75) is 6.54 Å². The van der Waals surface area contributed by atoms with Gasteiger partial charge in [-0.25, -0.2) is 9.38 Å². The van der Waals surface area contributed by atoms with Gasteiger partial charge in [0.05, 0.1) is 6.54 Å². The van der Waals surface area contributed by atoms with Crippen molar-refractivity contribution in [1.82, 2.24) is 4.90 Å². The van der Waals surface area contributed by atoms with Gasteiger partial charge in [-0.1, -0.05) is 12.1 Å². The van der Waals surface area contributed by atoms with Gasteiger partial charge >= 0.3 is 0 Å². The summed E-state index contributed by atoms with van der Waals surface area (Å²) in [4.78, 5) is 19.8. The van der Waals surface area contributed by atoms with E-state index < -0.39 is 5.91 Å². The number of guanidine groups is 1. The van der Waals surface area contributed by atoms with Crippen molar-refractivity contribution < 1.29 is 9.18 Å². The Bertz CT molecular complexity index is 781. The molecule has 1 heterocycles. The summed E-state index contributed by atoms with van der Waals surface area (Å²) in [6.07, 6.45) is 0. The first-order valence-electron chi connectivity index (χ1n) is 8.47. The number of benzene rings is 2. The largest absolute Gasteiger partial charge is 0.370 e. The van der Waals surface area contributed by atoms with Crippen LogP contribution >= 0.6 is 0 Å². The van der Waals surface area contributed by atoms with Gasteiger partial charge in [0.2, 0.25) is 5.91 Å². The number of anilines is 1. The number of nitrogens with two attached hydrogens (primary N) is 2. The van der Waals surface area contributed by atoms with Crippen LogP contribution in [-0.4, -0.2) is 42.9 Å². The maximum atomic E-state index is 13.0. The van der Waals surface area contributed by atoms with E-state index in [0.29, 0.717) is 18.1 Å². The predicted octanol–water partition coefficient (Wildman–Crippen LogP) is 1.56. The number of primary amides is 1. The third-order valence-electron chi connectivity index (χ3n) is 4.46. The molecule has 2 aromatic carbocycles. The van der Waals surface area contributed by atoms with Crippen LogP contribution in [0.2, 0.25) is 0 Å². The van der Waals surface area contributed by atoms with E-state index in [2.05, 4.69) is 9.89 Å². The van der Waals surface area contributed by atoms with Crippen molar-refractivity contribution in [2.75, 3.05) is 31.1 Å². The quantitative estimate of drug-likeness (QED) is 0.644. The average Bonchev–Trinajstić information content (AvgIpc) is 2.67. The zero-order valence-electron chi connectivity index (χ0n) is 14.4. The molecule has 0 atom stereocenters. The third kappa shape index (κ3) is 4.30. The van der Waals surface area contributed by atoms with Crippen LogP contribution in [0.3, 0.4) is 0 Å². The maximum absolute atomic E-state index is 13.0. The topological polar surface area (TPSA) is 87.9 Å². The number of nitrogens with zero attached hydrogens (tertiary/aromatic N) is 3. The van der Waals surface area contributed by atoms with E-state index in [0.717, 1.165) is 37.4 Å². The molecular weight excluding hydrogens is 333 g/mol. The second-order valence-corrected chi connectivity index (χ2v) is 6.19. The fourth-order valence-electron chi connectivity index (χ4n) is 2.89. The second kappa shape index (κ2) is 7.86. The molecule has 1 saturated heterocycles. The molecule has 6 nitrogen and oxygen atoms in total. The molecule has 136 valence electrons. The Labute approximate surface area is 151 Å². The Kier molecular flexibility index (Phi) is 5.36. The van der Waals surface area contributed by atoms with E-state index in [1.165, 1.54) is 12.1 Å². The molecule has 4 N–H and O–H groups in total. The minimum atomic E-state index is -0.446. The van der Waals surface area contributed by atoms with Gasteiger partial charge in [0, 0.05) is 37.4 Å². The number of amides is 1. The summed E-state index contributed by atoms with van der Waals surface area (Å²) in [5.74, 6) is -0.172. The molecule has 0 aliphatic carbocycles. The molecule has 7 heteroatoms. The molecule has 1 fully saturated rings. The van der Waals surface area contributed by atoms with Gasteiger partial charge in [0.15, 0.2) is 5.96 Å². The summed E-state index contributed by atoms with van der Waals surface area (Å²) in [6, 6.07) is 13.5. The zero-order chi connectivity index (χ0) is 18.5. The van der Waals surface area contributed by atoms with Crippen LogP contribution in [-0.2, 0) is 6.54 Å². The van der Waals surface area contributed by atoms with Gasteiger partial charge in [0.1, 0.15) is 5.82 Å². The molecule has 0 spiro atoms. The highest BCUT2D eigenvalue weighted by molar-refractivity contribution is 5.92. The number of piperazine rings is 1. The number of carbonyl (C=O) groups is 1. The normalized spacial score (nSPS) is 15.2. The summed E-state index contributed by atoms with van der Waals surface area (Å²) in [6.45, 7) is 3.56. The van der Waals surface area contributed by atoms with Gasteiger partial charge in [-0.2, -0.15) is 0 Å². The highest BCUT2D eigenvalue weighted by Gasteiger charge is 2.18. The van der Waals surface area contributed by atoms with Crippen LogP contribution in [0, 0.1) is 5.82 Å². The predicted molar refractivity (Wildman–Crippen MR) is 100 cm³/mol. The Morgan fingerprint density at radius 3 is 2.15 bits per heavy atom. The fourth-order valence-corrected chi connectivity index (χ4v) is 2.89. The molecule has 0 radical (unpaired) electrons. The van der Waals surface area contributed by atoms with Crippen LogP contribution in [0.1, 0.15) is 15.9 Å². The molecular formula is C19H22FN5O. The highest BCUT2D eigenvalue weighted by Crippen LogP contribution is 2.17. The smallest absolute Gasteiger partial charge is 0.248 e. The van der Waals surface area contributed by atoms with Crippen LogP contribution in [0.25, 0.3) is 0 Å². The van der Waals surface area contributed by atoms with E-state index in [-0.39, 0.29) is 5.82 Å². The van der Waals surface area contributed by atoms with Crippen molar-refractivity contribution in [2.24, 2.45) is 16.5 Å². The molecule has 3 rings (SSSR count). The number of hydrogen-bond donors (Lipinski definition) is 2. The zero-order valence-corrected chi connectivity index (χ0v) is 14.4. The van der Waals surface area contributed by atoms with E-state index >= 15 is 0 Å². The van der Waals surface area contributed by atoms with E-state index in [9.17, 15) is 9.18 Å². The molecule has 0 saturated carbocycles. The van der Waals surface area contributed by atoms with Gasteiger partial charge < -0.3 is 21.3 Å². The number of halogens is 1. The summed E-state index contributed by atoms with van der Waals surface area (Å²) in [5, 5.41) is 0. The standard InChI is InChI=1S/C19H22FN5O/c20-16-5-7-17(8-6-16)24-9-11-25(12-10-24)19(22)23-13-14-1-3-15(4-2-14)18(21)26/h1-8H,9-13H2,(H2,21,26)(H2,22,23). The van der Waals surface area contributed by atoms with Crippen LogP contribution in [0.5, 0.6) is 0 Å². The van der Waals surface area contributed by atoms with Crippen molar-refractivity contribution >= 4 is 17.6 Å². The minimum absolute atomic E-state index is 0.229. The van der Waals surface area contributed by atoms with Crippen molar-refractivity contribution in [1.29, 1.82) is 0 Å². The molecule has 0 aromatic heterocycles. The maximum Gasteiger partial charge on any atom is 0.248 e. The van der Waals surface area contributed by atoms with E-state index in [1.54, 1.807) is 24.3 Å². The lowest BCUT2D eigenvalue weighted by atomic mass is 10.1. The van der Waals surface area contributed by atoms with Gasteiger partial charge in [-0.05, 0) is 42.0 Å². The Morgan fingerprint density at radius 1 is 0.962 bits per heavy atom. The van der Waals surface area contributed by atoms with Gasteiger partial charge in [0.25, 0.3) is 0 Å². The summed E-state index contributed by atoms with van der Waals surface area (Å²) in [7, 11) is 0. The second-order valence-electron chi connectivity index (χ2n) is 6.19. The third-order valence-corrected chi connectivity index (χ3v) is 4.46. The minimum Gasteiger partial charge on any atom is -0.370 e. The Balaban J connectivity index is 1.54. The molecule has 1 amide bonds. The Morgan fingerprint density at radius 2 is 1.58 bits per heavy atom. The van der Waals surface area contributed by atoms with E-state index in [4.69, 9.17) is 11.5 Å². The van der Waals surface area contributed by atoms with Crippen LogP contribution < -0.4 is 16.4 Å². The molecule has 2 aromatic rings. The van der Waals surface area contributed by atoms with Gasteiger partial charge in [-0.15, -0.1) is 0 Å². The number of hydrogen-bond acceptors (Lipinski definition) is 3. The number of rotatable bonds is 4. The molecule has 1 aliphatic heterocycles. The SMILES string of the molecule is NC(=O)c1ccc(CN=C(N)N2CCN(c3ccc(F)cc3)CC2)cc1. The lowest BCUT2D eigenvalue weighted by molar-refractivity contribution is 0.100. The highest BCUT2D eigenvalue weighted by atomic mass is 19.1. The van der Waals surface area contributed by atoms with Crippen molar-refractivity contribution in [3.8, 4) is 0 Å². The summed E-state index contributed by atoms with van der Waals surface area (Å²) < 4.78 is 13.0. The summed E-state index contributed by atoms with van der Waals surface area (Å²) >= 11 is 0. The molecule has 0 bridgehead atoms. The molecule has 26 heavy (non-hydrogen) atoms. The first-order chi connectivity index (χ1) is 12.5. The van der Waals surface area contributed by atoms with Crippen molar-refractivity contribution in [3.05, 3.63) is 65.5 Å². The fraction of sp³-hybridized carbons (Fsp3) is 0.263. The first kappa shape index (κ1) is 17.7. The molecule has 1 aliphatic rings. The van der Waals surface area contributed by atoms with Crippen molar-refractivity contribution in [3.63, 3.8) is 0 Å². The number of aliphatic imine (C=N–C) groups is 1. The first-order valence-corrected chi connectivity index (χ1v) is 8.47. The summed E-state index contributed by atoms with van der Waals surface area (Å²) in [5.41, 5.74) is 13.8. The van der Waals surface area contributed by atoms with Crippen LogP contribution in [0.4, 0.5) is 10.1 Å². The van der Waals surface area contributed by atoms with Crippen LogP contribution in [0.15, 0.2) is 53.5 Å². The molecule has 0 unspecified atom stereocenters. The average molecular weight is 355 g/mol. The van der Waals surface area contributed by atoms with Gasteiger partial charge in [-0.3, -0.25) is 4.79 Å².